The minimum absolute atomic E-state index is 0.0694. The van der Waals surface area contributed by atoms with Crippen LogP contribution in [0.5, 0.6) is 11.5 Å². The molecule has 1 amide bonds. The molecule has 0 aliphatic carbocycles. The van der Waals surface area contributed by atoms with Crippen LogP contribution in [0.2, 0.25) is 0 Å². The van der Waals surface area contributed by atoms with Crippen molar-refractivity contribution >= 4 is 40.3 Å². The first kappa shape index (κ1) is 18.3. The Kier molecular flexibility index (Phi) is 6.66. The van der Waals surface area contributed by atoms with E-state index in [0.717, 1.165) is 14.8 Å². The third kappa shape index (κ3) is 5.56. The summed E-state index contributed by atoms with van der Waals surface area (Å²) in [4.78, 5) is 12.0. The van der Waals surface area contributed by atoms with E-state index in [0.29, 0.717) is 11.5 Å². The van der Waals surface area contributed by atoms with Gasteiger partial charge in [-0.15, -0.1) is 0 Å². The van der Waals surface area contributed by atoms with Crippen molar-refractivity contribution in [3.05, 3.63) is 57.7 Å². The van der Waals surface area contributed by atoms with Gasteiger partial charge < -0.3 is 14.8 Å². The number of methoxy groups -OCH3 is 1. The number of anilines is 1. The molecule has 0 fully saturated rings. The minimum Gasteiger partial charge on any atom is -0.493 e. The highest BCUT2D eigenvalue weighted by Crippen LogP contribution is 2.29. The average Bonchev–Trinajstić information content (AvgIpc) is 2.55. The lowest BCUT2D eigenvalue weighted by Gasteiger charge is -2.13. The van der Waals surface area contributed by atoms with Crippen LogP contribution in [0.3, 0.4) is 0 Å². The zero-order valence-electron chi connectivity index (χ0n) is 13.9. The molecule has 1 N–H and O–H groups in total. The second-order valence-electron chi connectivity index (χ2n) is 5.41. The maximum absolute atomic E-state index is 12.0. The van der Waals surface area contributed by atoms with Crippen LogP contribution >= 0.6 is 22.6 Å². The number of benzene rings is 2. The van der Waals surface area contributed by atoms with Gasteiger partial charge >= 0.3 is 0 Å². The zero-order chi connectivity index (χ0) is 17.5. The molecule has 2 rings (SSSR count). The van der Waals surface area contributed by atoms with Crippen molar-refractivity contribution in [1.82, 2.24) is 0 Å². The van der Waals surface area contributed by atoms with Crippen LogP contribution in [0.25, 0.3) is 6.08 Å². The number of carbonyl (C=O) groups is 1. The zero-order valence-corrected chi connectivity index (χ0v) is 16.0. The van der Waals surface area contributed by atoms with Crippen molar-refractivity contribution in [2.75, 3.05) is 12.4 Å². The van der Waals surface area contributed by atoms with Gasteiger partial charge in [0.2, 0.25) is 5.91 Å². The van der Waals surface area contributed by atoms with Gasteiger partial charge in [0.15, 0.2) is 11.5 Å². The monoisotopic (exact) mass is 437 g/mol. The standard InChI is InChI=1S/C19H20INO3/c1-13(2)24-17-10-4-14(12-18(17)23-3)5-11-19(22)21-16-8-6-15(20)7-9-16/h4-13H,1-3H3,(H,21,22)/b11-5+. The van der Waals surface area contributed by atoms with E-state index in [4.69, 9.17) is 9.47 Å². The Hall–Kier alpha value is -2.02. The lowest BCUT2D eigenvalue weighted by molar-refractivity contribution is -0.111. The number of hydrogen-bond acceptors (Lipinski definition) is 3. The van der Waals surface area contributed by atoms with Gasteiger partial charge in [-0.3, -0.25) is 4.79 Å². The summed E-state index contributed by atoms with van der Waals surface area (Å²) >= 11 is 2.22. The molecular weight excluding hydrogens is 417 g/mol. The van der Waals surface area contributed by atoms with Crippen molar-refractivity contribution in [2.45, 2.75) is 20.0 Å². The Morgan fingerprint density at radius 1 is 1.12 bits per heavy atom. The molecule has 0 bridgehead atoms. The van der Waals surface area contributed by atoms with Crippen LogP contribution < -0.4 is 14.8 Å². The van der Waals surface area contributed by atoms with Crippen LogP contribution in [0.15, 0.2) is 48.5 Å². The van der Waals surface area contributed by atoms with Crippen LogP contribution in [0, 0.1) is 3.57 Å². The normalized spacial score (nSPS) is 10.9. The second-order valence-corrected chi connectivity index (χ2v) is 6.65. The highest BCUT2D eigenvalue weighted by molar-refractivity contribution is 14.1. The number of ether oxygens (including phenoxy) is 2. The Bertz CT molecular complexity index is 724. The van der Waals surface area contributed by atoms with E-state index in [1.54, 1.807) is 13.2 Å². The van der Waals surface area contributed by atoms with Gasteiger partial charge in [-0.25, -0.2) is 0 Å². The van der Waals surface area contributed by atoms with Crippen LogP contribution in [0.4, 0.5) is 5.69 Å². The molecule has 5 heteroatoms. The summed E-state index contributed by atoms with van der Waals surface area (Å²) in [7, 11) is 1.60. The highest BCUT2D eigenvalue weighted by Gasteiger charge is 2.06. The maximum Gasteiger partial charge on any atom is 0.248 e. The molecule has 2 aromatic carbocycles. The highest BCUT2D eigenvalue weighted by atomic mass is 127. The Labute approximate surface area is 156 Å². The van der Waals surface area contributed by atoms with Gasteiger partial charge in [0.05, 0.1) is 13.2 Å². The number of hydrogen-bond donors (Lipinski definition) is 1. The molecule has 0 aliphatic rings. The summed E-state index contributed by atoms with van der Waals surface area (Å²) in [6.07, 6.45) is 3.30. The van der Waals surface area contributed by atoms with Gasteiger partial charge in [0.1, 0.15) is 0 Å². The Morgan fingerprint density at radius 2 is 1.83 bits per heavy atom. The van der Waals surface area contributed by atoms with Crippen molar-refractivity contribution < 1.29 is 14.3 Å². The predicted octanol–water partition coefficient (Wildman–Crippen LogP) is 4.74. The van der Waals surface area contributed by atoms with E-state index in [9.17, 15) is 4.79 Å². The van der Waals surface area contributed by atoms with Crippen LogP contribution in [0.1, 0.15) is 19.4 Å². The number of halogens is 1. The summed E-state index contributed by atoms with van der Waals surface area (Å²) in [5.74, 6) is 1.15. The number of nitrogens with one attached hydrogen (secondary N) is 1. The molecule has 0 spiro atoms. The molecule has 0 aliphatic heterocycles. The van der Waals surface area contributed by atoms with Gasteiger partial charge in [-0.1, -0.05) is 6.07 Å². The van der Waals surface area contributed by atoms with Gasteiger partial charge in [0, 0.05) is 15.3 Å². The van der Waals surface area contributed by atoms with E-state index in [1.165, 1.54) is 6.08 Å². The van der Waals surface area contributed by atoms with E-state index in [1.807, 2.05) is 56.3 Å². The molecule has 0 unspecified atom stereocenters. The van der Waals surface area contributed by atoms with Gasteiger partial charge in [0.25, 0.3) is 0 Å². The van der Waals surface area contributed by atoms with E-state index >= 15 is 0 Å². The van der Waals surface area contributed by atoms with Crippen molar-refractivity contribution in [1.29, 1.82) is 0 Å². The fourth-order valence-electron chi connectivity index (χ4n) is 2.03. The first-order valence-electron chi connectivity index (χ1n) is 7.57. The van der Waals surface area contributed by atoms with Gasteiger partial charge in [-0.2, -0.15) is 0 Å². The third-order valence-electron chi connectivity index (χ3n) is 3.09. The Morgan fingerprint density at radius 3 is 2.46 bits per heavy atom. The summed E-state index contributed by atoms with van der Waals surface area (Å²) in [5, 5.41) is 2.82. The molecule has 0 saturated heterocycles. The first-order valence-corrected chi connectivity index (χ1v) is 8.65. The largest absolute Gasteiger partial charge is 0.493 e. The lowest BCUT2D eigenvalue weighted by atomic mass is 10.2. The minimum atomic E-state index is -0.183. The number of carbonyl (C=O) groups excluding carboxylic acids is 1. The summed E-state index contributed by atoms with van der Waals surface area (Å²) in [5.41, 5.74) is 1.63. The molecule has 126 valence electrons. The first-order chi connectivity index (χ1) is 11.5. The van der Waals surface area contributed by atoms with Gasteiger partial charge in [-0.05, 0) is 84.5 Å². The molecule has 0 radical (unpaired) electrons. The molecule has 0 heterocycles. The summed E-state index contributed by atoms with van der Waals surface area (Å²) in [6, 6.07) is 13.2. The van der Waals surface area contributed by atoms with E-state index in [2.05, 4.69) is 27.9 Å². The SMILES string of the molecule is COc1cc(/C=C/C(=O)Nc2ccc(I)cc2)ccc1OC(C)C. The average molecular weight is 437 g/mol. The Balaban J connectivity index is 2.05. The van der Waals surface area contributed by atoms with Crippen molar-refractivity contribution in [2.24, 2.45) is 0 Å². The molecule has 0 atom stereocenters. The molecule has 0 aromatic heterocycles. The summed E-state index contributed by atoms with van der Waals surface area (Å²) < 4.78 is 12.1. The molecule has 0 saturated carbocycles. The van der Waals surface area contributed by atoms with E-state index < -0.39 is 0 Å². The fraction of sp³-hybridized carbons (Fsp3) is 0.211. The molecule has 4 nitrogen and oxygen atoms in total. The summed E-state index contributed by atoms with van der Waals surface area (Å²) in [6.45, 7) is 3.92. The predicted molar refractivity (Wildman–Crippen MR) is 106 cm³/mol. The number of amides is 1. The van der Waals surface area contributed by atoms with Crippen molar-refractivity contribution in [3.63, 3.8) is 0 Å². The van der Waals surface area contributed by atoms with Crippen LogP contribution in [-0.2, 0) is 4.79 Å². The molecular formula is C19H20INO3. The quantitative estimate of drug-likeness (QED) is 0.525. The second kappa shape index (κ2) is 8.73. The maximum atomic E-state index is 12.0. The van der Waals surface area contributed by atoms with Crippen molar-refractivity contribution in [3.8, 4) is 11.5 Å². The number of rotatable bonds is 6. The van der Waals surface area contributed by atoms with E-state index in [-0.39, 0.29) is 12.0 Å². The van der Waals surface area contributed by atoms with Crippen LogP contribution in [-0.4, -0.2) is 19.1 Å². The topological polar surface area (TPSA) is 47.6 Å². The smallest absolute Gasteiger partial charge is 0.248 e. The molecule has 2 aromatic rings. The molecule has 24 heavy (non-hydrogen) atoms. The third-order valence-corrected chi connectivity index (χ3v) is 3.81. The fourth-order valence-corrected chi connectivity index (χ4v) is 2.39. The lowest BCUT2D eigenvalue weighted by Crippen LogP contribution is -2.07.